The van der Waals surface area contributed by atoms with Crippen LogP contribution in [0, 0.1) is 5.82 Å². The molecule has 2 aromatic carbocycles. The van der Waals surface area contributed by atoms with Crippen LogP contribution in [0.25, 0.3) is 11.0 Å². The van der Waals surface area contributed by atoms with Gasteiger partial charge in [0.2, 0.25) is 5.89 Å². The molecule has 0 saturated carbocycles. The molecular weight excluding hydrogens is 321 g/mol. The maximum atomic E-state index is 13.7. The molecule has 0 unspecified atom stereocenters. The molecule has 0 radical (unpaired) electrons. The van der Waals surface area contributed by atoms with Crippen molar-refractivity contribution in [3.05, 3.63) is 77.5 Å². The van der Waals surface area contributed by atoms with Crippen LogP contribution >= 0.6 is 0 Å². The number of halogens is 1. The summed E-state index contributed by atoms with van der Waals surface area (Å²) < 4.78 is 18.8. The number of hydrogen-bond donors (Lipinski definition) is 2. The smallest absolute Gasteiger partial charge is 0.240 e. The van der Waals surface area contributed by atoms with E-state index in [4.69, 9.17) is 4.52 Å². The molecule has 0 saturated heterocycles. The number of benzene rings is 2. The minimum Gasteiger partial charge on any atom is -0.341 e. The van der Waals surface area contributed by atoms with Gasteiger partial charge >= 0.3 is 0 Å². The zero-order valence-corrected chi connectivity index (χ0v) is 13.4. The highest BCUT2D eigenvalue weighted by Gasteiger charge is 2.10. The molecule has 0 aliphatic heterocycles. The standard InChI is InChI=1S/C18H16FN5O/c19-13-6-2-1-5-12(13)9-16-23-18(25-24-16)11-20-10-17-21-14-7-3-4-8-15(14)22-17/h1-8,20H,9-11H2,(H,21,22). The van der Waals surface area contributed by atoms with E-state index < -0.39 is 0 Å². The van der Waals surface area contributed by atoms with E-state index in [1.807, 2.05) is 24.3 Å². The van der Waals surface area contributed by atoms with E-state index in [-0.39, 0.29) is 5.82 Å². The molecule has 0 bridgehead atoms. The Morgan fingerprint density at radius 1 is 1.00 bits per heavy atom. The third-order valence-electron chi connectivity index (χ3n) is 3.82. The van der Waals surface area contributed by atoms with Crippen molar-refractivity contribution in [2.45, 2.75) is 19.5 Å². The average molecular weight is 337 g/mol. The van der Waals surface area contributed by atoms with Crippen LogP contribution < -0.4 is 5.32 Å². The molecule has 6 nitrogen and oxygen atoms in total. The Labute approximate surface area is 143 Å². The van der Waals surface area contributed by atoms with Gasteiger partial charge in [-0.3, -0.25) is 0 Å². The van der Waals surface area contributed by atoms with Crippen molar-refractivity contribution in [3.63, 3.8) is 0 Å². The second-order valence-corrected chi connectivity index (χ2v) is 5.68. The minimum atomic E-state index is -0.267. The van der Waals surface area contributed by atoms with Crippen LogP contribution in [0.1, 0.15) is 23.1 Å². The number of nitrogens with one attached hydrogen (secondary N) is 2. The average Bonchev–Trinajstić information content (AvgIpc) is 3.23. The number of imidazole rings is 1. The van der Waals surface area contributed by atoms with E-state index >= 15 is 0 Å². The molecule has 0 spiro atoms. The van der Waals surface area contributed by atoms with Crippen LogP contribution in [0.4, 0.5) is 4.39 Å². The molecular formula is C18H16FN5O. The molecule has 0 amide bonds. The number of H-pyrrole nitrogens is 1. The highest BCUT2D eigenvalue weighted by molar-refractivity contribution is 5.74. The van der Waals surface area contributed by atoms with Crippen LogP contribution in [0.15, 0.2) is 53.1 Å². The van der Waals surface area contributed by atoms with Gasteiger partial charge in [-0.2, -0.15) is 4.98 Å². The molecule has 4 aromatic rings. The summed E-state index contributed by atoms with van der Waals surface area (Å²) in [5.41, 5.74) is 2.48. The first-order valence-electron chi connectivity index (χ1n) is 7.97. The second kappa shape index (κ2) is 6.82. The predicted molar refractivity (Wildman–Crippen MR) is 90.1 cm³/mol. The van der Waals surface area contributed by atoms with Crippen LogP contribution in [-0.4, -0.2) is 20.1 Å². The SMILES string of the molecule is Fc1ccccc1Cc1noc(CNCc2nc3ccccc3[nH]2)n1. The van der Waals surface area contributed by atoms with Gasteiger partial charge in [0.05, 0.1) is 24.1 Å². The van der Waals surface area contributed by atoms with E-state index in [2.05, 4.69) is 25.4 Å². The molecule has 4 rings (SSSR count). The molecule has 0 fully saturated rings. The van der Waals surface area contributed by atoms with Crippen molar-refractivity contribution in [1.82, 2.24) is 25.4 Å². The summed E-state index contributed by atoms with van der Waals surface area (Å²) >= 11 is 0. The number of nitrogens with zero attached hydrogens (tertiary/aromatic N) is 3. The number of aromatic nitrogens is 4. The number of fused-ring (bicyclic) bond motifs is 1. The van der Waals surface area contributed by atoms with Gasteiger partial charge in [-0.25, -0.2) is 9.37 Å². The normalized spacial score (nSPS) is 11.2. The fraction of sp³-hybridized carbons (Fsp3) is 0.167. The quantitative estimate of drug-likeness (QED) is 0.565. The third kappa shape index (κ3) is 3.56. The zero-order valence-electron chi connectivity index (χ0n) is 13.4. The van der Waals surface area contributed by atoms with Crippen LogP contribution in [0.5, 0.6) is 0 Å². The molecule has 7 heteroatoms. The summed E-state index contributed by atoms with van der Waals surface area (Å²) in [6.45, 7) is 0.973. The monoisotopic (exact) mass is 337 g/mol. The Bertz CT molecular complexity index is 961. The van der Waals surface area contributed by atoms with Crippen molar-refractivity contribution in [2.75, 3.05) is 0 Å². The number of rotatable bonds is 6. The van der Waals surface area contributed by atoms with Gasteiger partial charge in [0.1, 0.15) is 11.6 Å². The van der Waals surface area contributed by atoms with Gasteiger partial charge in [0.25, 0.3) is 0 Å². The second-order valence-electron chi connectivity index (χ2n) is 5.68. The Morgan fingerprint density at radius 2 is 1.84 bits per heavy atom. The van der Waals surface area contributed by atoms with Gasteiger partial charge in [0.15, 0.2) is 5.82 Å². The van der Waals surface area contributed by atoms with Crippen LogP contribution in [0.2, 0.25) is 0 Å². The first-order chi connectivity index (χ1) is 12.3. The van der Waals surface area contributed by atoms with E-state index in [1.54, 1.807) is 18.2 Å². The molecule has 0 aliphatic carbocycles. The molecule has 2 N–H and O–H groups in total. The van der Waals surface area contributed by atoms with Crippen molar-refractivity contribution in [2.24, 2.45) is 0 Å². The fourth-order valence-corrected chi connectivity index (χ4v) is 2.62. The fourth-order valence-electron chi connectivity index (χ4n) is 2.62. The lowest BCUT2D eigenvalue weighted by molar-refractivity contribution is 0.362. The lowest BCUT2D eigenvalue weighted by Gasteiger charge is -1.98. The lowest BCUT2D eigenvalue weighted by atomic mass is 10.1. The Morgan fingerprint density at radius 3 is 2.72 bits per heavy atom. The van der Waals surface area contributed by atoms with Crippen LogP contribution in [-0.2, 0) is 19.5 Å². The number of para-hydroxylation sites is 2. The highest BCUT2D eigenvalue weighted by Crippen LogP contribution is 2.12. The molecule has 2 aromatic heterocycles. The van der Waals surface area contributed by atoms with E-state index in [9.17, 15) is 4.39 Å². The van der Waals surface area contributed by atoms with Crippen molar-refractivity contribution >= 4 is 11.0 Å². The minimum absolute atomic E-state index is 0.267. The molecule has 0 atom stereocenters. The van der Waals surface area contributed by atoms with Crippen molar-refractivity contribution in [1.29, 1.82) is 0 Å². The van der Waals surface area contributed by atoms with Gasteiger partial charge in [-0.1, -0.05) is 35.5 Å². The predicted octanol–water partition coefficient (Wildman–Crippen LogP) is 2.97. The van der Waals surface area contributed by atoms with Crippen molar-refractivity contribution < 1.29 is 8.91 Å². The molecule has 25 heavy (non-hydrogen) atoms. The van der Waals surface area contributed by atoms with Gasteiger partial charge in [0, 0.05) is 6.42 Å². The van der Waals surface area contributed by atoms with Gasteiger partial charge in [-0.15, -0.1) is 0 Å². The topological polar surface area (TPSA) is 79.6 Å². The summed E-state index contributed by atoms with van der Waals surface area (Å²) in [7, 11) is 0. The van der Waals surface area contributed by atoms with E-state index in [1.165, 1.54) is 6.07 Å². The van der Waals surface area contributed by atoms with Crippen LogP contribution in [0.3, 0.4) is 0 Å². The number of hydrogen-bond acceptors (Lipinski definition) is 5. The van der Waals surface area contributed by atoms with Crippen molar-refractivity contribution in [3.8, 4) is 0 Å². The summed E-state index contributed by atoms with van der Waals surface area (Å²) in [4.78, 5) is 12.0. The summed E-state index contributed by atoms with van der Waals surface area (Å²) in [6, 6.07) is 14.4. The Kier molecular flexibility index (Phi) is 4.22. The largest absolute Gasteiger partial charge is 0.341 e. The first-order valence-corrected chi connectivity index (χ1v) is 7.97. The number of aromatic amines is 1. The van der Waals surface area contributed by atoms with Gasteiger partial charge < -0.3 is 14.8 Å². The maximum Gasteiger partial charge on any atom is 0.240 e. The summed E-state index contributed by atoms with van der Waals surface area (Å²) in [6.07, 6.45) is 0.305. The Hall–Kier alpha value is -3.06. The van der Waals surface area contributed by atoms with Gasteiger partial charge in [-0.05, 0) is 23.8 Å². The summed E-state index contributed by atoms with van der Waals surface area (Å²) in [5, 5.41) is 7.10. The maximum absolute atomic E-state index is 13.7. The first kappa shape index (κ1) is 15.5. The molecule has 2 heterocycles. The molecule has 0 aliphatic rings. The highest BCUT2D eigenvalue weighted by atomic mass is 19.1. The third-order valence-corrected chi connectivity index (χ3v) is 3.82. The van der Waals surface area contributed by atoms with E-state index in [0.717, 1.165) is 16.9 Å². The zero-order chi connectivity index (χ0) is 17.1. The lowest BCUT2D eigenvalue weighted by Crippen LogP contribution is -2.14. The Balaban J connectivity index is 1.34. The molecule has 126 valence electrons. The summed E-state index contributed by atoms with van der Waals surface area (Å²) in [5.74, 6) is 1.50. The van der Waals surface area contributed by atoms with E-state index in [0.29, 0.717) is 36.8 Å².